The predicted octanol–water partition coefficient (Wildman–Crippen LogP) is 0.641. The van der Waals surface area contributed by atoms with Crippen LogP contribution >= 0.6 is 0 Å². The summed E-state index contributed by atoms with van der Waals surface area (Å²) < 4.78 is 0. The molecule has 0 aliphatic heterocycles. The molecule has 0 unspecified atom stereocenters. The summed E-state index contributed by atoms with van der Waals surface area (Å²) in [7, 11) is 1.63. The maximum Gasteiger partial charge on any atom is 0.221 e. The Balaban J connectivity index is 2.47. The fourth-order valence-electron chi connectivity index (χ4n) is 1.24. The van der Waals surface area contributed by atoms with Crippen LogP contribution < -0.4 is 10.6 Å². The van der Waals surface area contributed by atoms with Crippen molar-refractivity contribution in [2.75, 3.05) is 18.9 Å². The first-order chi connectivity index (χ1) is 7.11. The molecule has 1 amide bonds. The highest BCUT2D eigenvalue weighted by Gasteiger charge is 2.00. The fraction of sp³-hybridized carbons (Fsp3) is 0.500. The molecular weight excluding hydrogens is 192 g/mol. The fourth-order valence-corrected chi connectivity index (χ4v) is 1.24. The average Bonchev–Trinajstić information content (AvgIpc) is 2.16. The summed E-state index contributed by atoms with van der Waals surface area (Å²) in [5, 5.41) is 5.64. The van der Waals surface area contributed by atoms with Crippen LogP contribution in [0.25, 0.3) is 0 Å². The number of carbonyl (C=O) groups is 1. The van der Waals surface area contributed by atoms with Crippen LogP contribution in [0.1, 0.15) is 17.9 Å². The van der Waals surface area contributed by atoms with Crippen molar-refractivity contribution in [3.63, 3.8) is 0 Å². The molecule has 0 aromatic carbocycles. The topological polar surface area (TPSA) is 66.9 Å². The van der Waals surface area contributed by atoms with Gasteiger partial charge in [0.2, 0.25) is 5.91 Å². The third kappa shape index (κ3) is 3.93. The van der Waals surface area contributed by atoms with Crippen LogP contribution in [0.2, 0.25) is 0 Å². The van der Waals surface area contributed by atoms with Crippen molar-refractivity contribution >= 4 is 11.7 Å². The summed E-state index contributed by atoms with van der Waals surface area (Å²) in [5.41, 5.74) is 0.921. The minimum Gasteiger partial charge on any atom is -0.369 e. The van der Waals surface area contributed by atoms with Gasteiger partial charge in [0.05, 0.1) is 0 Å². The Morgan fingerprint density at radius 3 is 2.73 bits per heavy atom. The second-order valence-corrected chi connectivity index (χ2v) is 3.29. The summed E-state index contributed by atoms with van der Waals surface area (Å²) in [6.07, 6.45) is 0.443. The Morgan fingerprint density at radius 1 is 1.40 bits per heavy atom. The zero-order valence-corrected chi connectivity index (χ0v) is 9.29. The first-order valence-electron chi connectivity index (χ1n) is 4.88. The number of amides is 1. The van der Waals surface area contributed by atoms with E-state index < -0.39 is 0 Å². The molecule has 1 heterocycles. The second kappa shape index (κ2) is 5.29. The van der Waals surface area contributed by atoms with Crippen molar-refractivity contribution < 1.29 is 4.79 Å². The largest absolute Gasteiger partial charge is 0.369 e. The van der Waals surface area contributed by atoms with Crippen LogP contribution in [-0.2, 0) is 4.79 Å². The number of anilines is 1. The van der Waals surface area contributed by atoms with Gasteiger partial charge in [-0.3, -0.25) is 4.79 Å². The van der Waals surface area contributed by atoms with E-state index >= 15 is 0 Å². The Hall–Kier alpha value is -1.65. The van der Waals surface area contributed by atoms with Gasteiger partial charge in [-0.05, 0) is 13.8 Å². The SMILES string of the molecule is CNC(=O)CCNc1cc(C)nc(C)n1. The number of carbonyl (C=O) groups excluding carboxylic acids is 1. The number of hydrogen-bond acceptors (Lipinski definition) is 4. The van der Waals surface area contributed by atoms with E-state index in [9.17, 15) is 4.79 Å². The standard InChI is InChI=1S/C10H16N4O/c1-7-6-9(14-8(2)13-7)12-5-4-10(15)11-3/h6H,4-5H2,1-3H3,(H,11,15)(H,12,13,14). The van der Waals surface area contributed by atoms with Crippen LogP contribution in [0.15, 0.2) is 6.07 Å². The van der Waals surface area contributed by atoms with Gasteiger partial charge in [0.25, 0.3) is 0 Å². The molecular formula is C10H16N4O. The van der Waals surface area contributed by atoms with Crippen LogP contribution in [0, 0.1) is 13.8 Å². The molecule has 0 aliphatic rings. The van der Waals surface area contributed by atoms with E-state index in [-0.39, 0.29) is 5.91 Å². The highest BCUT2D eigenvalue weighted by Crippen LogP contribution is 2.05. The van der Waals surface area contributed by atoms with Crippen molar-refractivity contribution in [1.29, 1.82) is 0 Å². The highest BCUT2D eigenvalue weighted by atomic mass is 16.1. The van der Waals surface area contributed by atoms with E-state index in [0.717, 1.165) is 17.3 Å². The minimum absolute atomic E-state index is 0.0185. The number of nitrogens with zero attached hydrogens (tertiary/aromatic N) is 2. The molecule has 5 heteroatoms. The Bertz CT molecular complexity index is 331. The van der Waals surface area contributed by atoms with Gasteiger partial charge in [0.1, 0.15) is 11.6 Å². The van der Waals surface area contributed by atoms with Gasteiger partial charge in [-0.25, -0.2) is 9.97 Å². The van der Waals surface area contributed by atoms with Gasteiger partial charge in [-0.15, -0.1) is 0 Å². The molecule has 1 aromatic heterocycles. The van der Waals surface area contributed by atoms with Crippen LogP contribution in [-0.4, -0.2) is 29.5 Å². The summed E-state index contributed by atoms with van der Waals surface area (Å²) in [5.74, 6) is 1.52. The van der Waals surface area contributed by atoms with Gasteiger partial charge >= 0.3 is 0 Å². The van der Waals surface area contributed by atoms with Crippen molar-refractivity contribution in [3.8, 4) is 0 Å². The molecule has 0 spiro atoms. The van der Waals surface area contributed by atoms with E-state index in [1.807, 2.05) is 19.9 Å². The average molecular weight is 208 g/mol. The summed E-state index contributed by atoms with van der Waals surface area (Å²) in [6, 6.07) is 1.86. The Kier molecular flexibility index (Phi) is 4.03. The molecule has 0 aliphatic carbocycles. The van der Waals surface area contributed by atoms with Crippen LogP contribution in [0.4, 0.5) is 5.82 Å². The molecule has 82 valence electrons. The lowest BCUT2D eigenvalue weighted by Gasteiger charge is -2.06. The minimum atomic E-state index is 0.0185. The lowest BCUT2D eigenvalue weighted by atomic mass is 10.3. The van der Waals surface area contributed by atoms with Gasteiger partial charge in [-0.1, -0.05) is 0 Å². The smallest absolute Gasteiger partial charge is 0.221 e. The summed E-state index contributed by atoms with van der Waals surface area (Å²) in [6.45, 7) is 4.34. The maximum atomic E-state index is 11.0. The Morgan fingerprint density at radius 2 is 2.13 bits per heavy atom. The Labute approximate surface area is 89.3 Å². The molecule has 15 heavy (non-hydrogen) atoms. The highest BCUT2D eigenvalue weighted by molar-refractivity contribution is 5.76. The van der Waals surface area contributed by atoms with E-state index in [0.29, 0.717) is 13.0 Å². The van der Waals surface area contributed by atoms with E-state index in [2.05, 4.69) is 20.6 Å². The predicted molar refractivity (Wildman–Crippen MR) is 58.7 cm³/mol. The first kappa shape index (κ1) is 11.4. The summed E-state index contributed by atoms with van der Waals surface area (Å²) >= 11 is 0. The lowest BCUT2D eigenvalue weighted by Crippen LogP contribution is -2.21. The van der Waals surface area contributed by atoms with Gasteiger partial charge < -0.3 is 10.6 Å². The molecule has 2 N–H and O–H groups in total. The van der Waals surface area contributed by atoms with Gasteiger partial charge in [-0.2, -0.15) is 0 Å². The first-order valence-corrected chi connectivity index (χ1v) is 4.88. The normalized spacial score (nSPS) is 9.80. The van der Waals surface area contributed by atoms with Crippen molar-refractivity contribution in [2.24, 2.45) is 0 Å². The third-order valence-corrected chi connectivity index (χ3v) is 1.90. The van der Waals surface area contributed by atoms with E-state index in [1.54, 1.807) is 7.05 Å². The molecule has 1 aromatic rings. The van der Waals surface area contributed by atoms with E-state index in [4.69, 9.17) is 0 Å². The van der Waals surface area contributed by atoms with Crippen molar-refractivity contribution in [1.82, 2.24) is 15.3 Å². The zero-order chi connectivity index (χ0) is 11.3. The molecule has 0 bridgehead atoms. The quantitative estimate of drug-likeness (QED) is 0.762. The van der Waals surface area contributed by atoms with Gasteiger partial charge in [0, 0.05) is 31.8 Å². The number of aromatic nitrogens is 2. The number of rotatable bonds is 4. The molecule has 0 atom stereocenters. The molecule has 5 nitrogen and oxygen atoms in total. The number of nitrogens with one attached hydrogen (secondary N) is 2. The lowest BCUT2D eigenvalue weighted by molar-refractivity contribution is -0.120. The molecule has 1 rings (SSSR count). The number of hydrogen-bond donors (Lipinski definition) is 2. The second-order valence-electron chi connectivity index (χ2n) is 3.29. The third-order valence-electron chi connectivity index (χ3n) is 1.90. The van der Waals surface area contributed by atoms with E-state index in [1.165, 1.54) is 0 Å². The number of aryl methyl sites for hydroxylation is 2. The maximum absolute atomic E-state index is 11.0. The molecule has 0 saturated heterocycles. The summed E-state index contributed by atoms with van der Waals surface area (Å²) in [4.78, 5) is 19.3. The van der Waals surface area contributed by atoms with Crippen LogP contribution in [0.3, 0.4) is 0 Å². The zero-order valence-electron chi connectivity index (χ0n) is 9.29. The monoisotopic (exact) mass is 208 g/mol. The molecule has 0 fully saturated rings. The van der Waals surface area contributed by atoms with Crippen molar-refractivity contribution in [3.05, 3.63) is 17.6 Å². The van der Waals surface area contributed by atoms with Crippen LogP contribution in [0.5, 0.6) is 0 Å². The van der Waals surface area contributed by atoms with Crippen molar-refractivity contribution in [2.45, 2.75) is 20.3 Å². The molecule has 0 saturated carbocycles. The molecule has 0 radical (unpaired) electrons. The van der Waals surface area contributed by atoms with Gasteiger partial charge in [0.15, 0.2) is 0 Å².